The van der Waals surface area contributed by atoms with Crippen molar-refractivity contribution >= 4 is 15.9 Å². The molecular weight excluding hydrogens is 268 g/mol. The lowest BCUT2D eigenvalue weighted by Gasteiger charge is -2.06. The molecule has 0 N–H and O–H groups in total. The molecule has 2 rings (SSSR count). The summed E-state index contributed by atoms with van der Waals surface area (Å²) < 4.78 is 34.1. The summed E-state index contributed by atoms with van der Waals surface area (Å²) in [5.41, 5.74) is 0.934. The third-order valence-electron chi connectivity index (χ3n) is 2.77. The van der Waals surface area contributed by atoms with Crippen LogP contribution in [-0.4, -0.2) is 20.3 Å². The van der Waals surface area contributed by atoms with Crippen LogP contribution < -0.4 is 0 Å². The predicted octanol–water partition coefficient (Wildman–Crippen LogP) is 1.92. The van der Waals surface area contributed by atoms with Gasteiger partial charge >= 0.3 is 10.1 Å². The Balaban J connectivity index is 2.30. The molecule has 1 aliphatic heterocycles. The van der Waals surface area contributed by atoms with Gasteiger partial charge in [0.05, 0.1) is 0 Å². The Morgan fingerprint density at radius 2 is 1.74 bits per heavy atom. The third-order valence-corrected chi connectivity index (χ3v) is 4.00. The molecule has 5 nitrogen and oxygen atoms in total. The van der Waals surface area contributed by atoms with Crippen molar-refractivity contribution in [2.75, 3.05) is 0 Å². The summed E-state index contributed by atoms with van der Waals surface area (Å²) in [6.07, 6.45) is -0.705. The van der Waals surface area contributed by atoms with Crippen molar-refractivity contribution in [3.8, 4) is 0 Å². The maximum absolute atomic E-state index is 12.0. The van der Waals surface area contributed by atoms with Crippen LogP contribution in [0.25, 0.3) is 0 Å². The topological polar surface area (TPSA) is 69.7 Å². The molecule has 0 spiro atoms. The Bertz CT molecular complexity index is 640. The quantitative estimate of drug-likeness (QED) is 0.792. The summed E-state index contributed by atoms with van der Waals surface area (Å²) in [6.45, 7) is 4.89. The van der Waals surface area contributed by atoms with Gasteiger partial charge < -0.3 is 8.92 Å². The van der Waals surface area contributed by atoms with Gasteiger partial charge in [0.2, 0.25) is 11.5 Å². The monoisotopic (exact) mass is 282 g/mol. The molecule has 0 aromatic heterocycles. The minimum atomic E-state index is -4.01. The maximum atomic E-state index is 12.0. The van der Waals surface area contributed by atoms with E-state index in [1.807, 2.05) is 6.92 Å². The summed E-state index contributed by atoms with van der Waals surface area (Å²) in [5, 5.41) is 0. The highest BCUT2D eigenvalue weighted by Crippen LogP contribution is 2.26. The Morgan fingerprint density at radius 3 is 2.21 bits per heavy atom. The summed E-state index contributed by atoms with van der Waals surface area (Å²) in [4.78, 5) is 11.7. The lowest BCUT2D eigenvalue weighted by molar-refractivity contribution is -0.122. The molecule has 1 atom stereocenters. The molecule has 0 saturated carbocycles. The minimum Gasteiger partial charge on any atom is -0.483 e. The molecule has 19 heavy (non-hydrogen) atoms. The molecule has 0 amide bonds. The van der Waals surface area contributed by atoms with Gasteiger partial charge in [-0.15, -0.1) is 0 Å². The lowest BCUT2D eigenvalue weighted by Crippen LogP contribution is -2.17. The summed E-state index contributed by atoms with van der Waals surface area (Å²) in [5.74, 6) is -0.519. The number of carbonyl (C=O) groups excluding carboxylic acids is 1. The number of hydrogen-bond acceptors (Lipinski definition) is 5. The van der Waals surface area contributed by atoms with Gasteiger partial charge in [-0.05, 0) is 32.9 Å². The standard InChI is InChI=1S/C13H14O5S/c1-8-4-6-11(7-5-8)19(15,16)18-13-10(3)17-9(2)12(13)14/h4-7,9H,1-3H3. The second kappa shape index (κ2) is 4.70. The lowest BCUT2D eigenvalue weighted by atomic mass is 10.2. The number of Topliss-reactive ketones (excluding diaryl/α,β-unsaturated/α-hetero) is 1. The van der Waals surface area contributed by atoms with Crippen molar-refractivity contribution in [2.45, 2.75) is 31.8 Å². The van der Waals surface area contributed by atoms with Crippen LogP contribution in [0.15, 0.2) is 40.7 Å². The highest BCUT2D eigenvalue weighted by molar-refractivity contribution is 7.86. The number of carbonyl (C=O) groups is 1. The fourth-order valence-electron chi connectivity index (χ4n) is 1.69. The normalized spacial score (nSPS) is 19.5. The Hall–Kier alpha value is -1.82. The zero-order valence-electron chi connectivity index (χ0n) is 10.8. The largest absolute Gasteiger partial charge is 0.483 e. The van der Waals surface area contributed by atoms with Crippen LogP contribution in [0.4, 0.5) is 0 Å². The molecule has 1 aromatic rings. The second-order valence-electron chi connectivity index (χ2n) is 4.36. The van der Waals surface area contributed by atoms with E-state index in [0.717, 1.165) is 5.56 Å². The molecule has 1 aliphatic rings. The summed E-state index contributed by atoms with van der Waals surface area (Å²) in [7, 11) is -4.01. The molecular formula is C13H14O5S. The molecule has 102 valence electrons. The highest BCUT2D eigenvalue weighted by atomic mass is 32.2. The van der Waals surface area contributed by atoms with Gasteiger partial charge in [-0.25, -0.2) is 0 Å². The van der Waals surface area contributed by atoms with E-state index < -0.39 is 22.0 Å². The van der Waals surface area contributed by atoms with Crippen molar-refractivity contribution in [1.82, 2.24) is 0 Å². The summed E-state index contributed by atoms with van der Waals surface area (Å²) in [6, 6.07) is 6.19. The van der Waals surface area contributed by atoms with Gasteiger partial charge in [-0.2, -0.15) is 8.42 Å². The smallest absolute Gasteiger partial charge is 0.339 e. The Morgan fingerprint density at radius 1 is 1.16 bits per heavy atom. The van der Waals surface area contributed by atoms with Gasteiger partial charge in [0.15, 0.2) is 6.10 Å². The second-order valence-corrected chi connectivity index (χ2v) is 5.91. The molecule has 0 radical (unpaired) electrons. The van der Waals surface area contributed by atoms with Gasteiger partial charge in [-0.3, -0.25) is 4.79 Å². The van der Waals surface area contributed by atoms with E-state index in [2.05, 4.69) is 0 Å². The first-order valence-electron chi connectivity index (χ1n) is 5.74. The van der Waals surface area contributed by atoms with E-state index in [0.29, 0.717) is 0 Å². The molecule has 6 heteroatoms. The molecule has 1 aromatic carbocycles. The van der Waals surface area contributed by atoms with Gasteiger partial charge in [0.25, 0.3) is 0 Å². The first-order valence-corrected chi connectivity index (χ1v) is 7.15. The predicted molar refractivity (Wildman–Crippen MR) is 67.7 cm³/mol. The van der Waals surface area contributed by atoms with Gasteiger partial charge in [0, 0.05) is 0 Å². The average Bonchev–Trinajstić information content (AvgIpc) is 2.56. The molecule has 0 saturated heterocycles. The van der Waals surface area contributed by atoms with Crippen molar-refractivity contribution < 1.29 is 22.1 Å². The van der Waals surface area contributed by atoms with Crippen LogP contribution in [0.5, 0.6) is 0 Å². The van der Waals surface area contributed by atoms with Gasteiger partial charge in [0.1, 0.15) is 10.7 Å². The molecule has 0 bridgehead atoms. The van der Waals surface area contributed by atoms with Crippen LogP contribution in [-0.2, 0) is 23.8 Å². The number of ether oxygens (including phenoxy) is 1. The van der Waals surface area contributed by atoms with Crippen molar-refractivity contribution in [1.29, 1.82) is 0 Å². The minimum absolute atomic E-state index is 0.00533. The van der Waals surface area contributed by atoms with Crippen molar-refractivity contribution in [2.24, 2.45) is 0 Å². The highest BCUT2D eigenvalue weighted by Gasteiger charge is 2.35. The SMILES string of the molecule is CC1=C(OS(=O)(=O)c2ccc(C)cc2)C(=O)C(C)O1. The summed E-state index contributed by atoms with van der Waals surface area (Å²) >= 11 is 0. The number of aryl methyl sites for hydroxylation is 1. The number of allylic oxidation sites excluding steroid dienone is 1. The average molecular weight is 282 g/mol. The molecule has 0 fully saturated rings. The number of rotatable bonds is 3. The fraction of sp³-hybridized carbons (Fsp3) is 0.308. The zero-order valence-corrected chi connectivity index (χ0v) is 11.7. The van der Waals surface area contributed by atoms with E-state index in [4.69, 9.17) is 8.92 Å². The fourth-order valence-corrected chi connectivity index (χ4v) is 2.68. The number of ketones is 1. The van der Waals surface area contributed by atoms with E-state index in [-0.39, 0.29) is 16.4 Å². The van der Waals surface area contributed by atoms with Crippen LogP contribution in [0, 0.1) is 6.92 Å². The molecule has 1 unspecified atom stereocenters. The van der Waals surface area contributed by atoms with Crippen molar-refractivity contribution in [3.63, 3.8) is 0 Å². The number of benzene rings is 1. The van der Waals surface area contributed by atoms with E-state index >= 15 is 0 Å². The first kappa shape index (κ1) is 13.6. The zero-order chi connectivity index (χ0) is 14.2. The Kier molecular flexibility index (Phi) is 3.36. The van der Waals surface area contributed by atoms with Crippen LogP contribution >= 0.6 is 0 Å². The van der Waals surface area contributed by atoms with Crippen LogP contribution in [0.3, 0.4) is 0 Å². The van der Waals surface area contributed by atoms with Crippen LogP contribution in [0.2, 0.25) is 0 Å². The van der Waals surface area contributed by atoms with E-state index in [1.54, 1.807) is 19.1 Å². The van der Waals surface area contributed by atoms with Crippen molar-refractivity contribution in [3.05, 3.63) is 41.3 Å². The van der Waals surface area contributed by atoms with Crippen LogP contribution in [0.1, 0.15) is 19.4 Å². The number of hydrogen-bond donors (Lipinski definition) is 0. The maximum Gasteiger partial charge on any atom is 0.339 e. The van der Waals surface area contributed by atoms with Gasteiger partial charge in [-0.1, -0.05) is 17.7 Å². The van der Waals surface area contributed by atoms with E-state index in [9.17, 15) is 13.2 Å². The van der Waals surface area contributed by atoms with E-state index in [1.165, 1.54) is 19.1 Å². The first-order chi connectivity index (χ1) is 8.81. The molecule has 1 heterocycles. The Labute approximate surface area is 112 Å². The molecule has 0 aliphatic carbocycles. The third kappa shape index (κ3) is 2.63.